The number of hydrogen-bond donors (Lipinski definition) is 2. The first-order valence-electron chi connectivity index (χ1n) is 5.52. The van der Waals surface area contributed by atoms with E-state index in [1.54, 1.807) is 0 Å². The van der Waals surface area contributed by atoms with E-state index in [1.807, 2.05) is 0 Å². The van der Waals surface area contributed by atoms with E-state index >= 15 is 0 Å². The van der Waals surface area contributed by atoms with E-state index in [9.17, 15) is 0 Å². The Morgan fingerprint density at radius 3 is 1.79 bits per heavy atom. The highest BCUT2D eigenvalue weighted by Gasteiger charge is 2.70. The fourth-order valence-electron chi connectivity index (χ4n) is 3.93. The Morgan fingerprint density at radius 2 is 1.50 bits per heavy atom. The normalized spacial score (nSPS) is 46.1. The fourth-order valence-corrected chi connectivity index (χ4v) is 3.93. The number of hydrogen-bond acceptors (Lipinski definition) is 3. The quantitative estimate of drug-likeness (QED) is 0.667. The third-order valence-corrected chi connectivity index (χ3v) is 5.26. The Hall–Kier alpha value is -0.120. The second kappa shape index (κ2) is 2.71. The molecule has 4 N–H and O–H groups in total. The van der Waals surface area contributed by atoms with Gasteiger partial charge < -0.3 is 16.4 Å². The van der Waals surface area contributed by atoms with Gasteiger partial charge in [0.25, 0.3) is 0 Å². The molecule has 3 aliphatic rings. The van der Waals surface area contributed by atoms with Gasteiger partial charge in [0.05, 0.1) is 0 Å². The topological polar surface area (TPSA) is 55.3 Å². The summed E-state index contributed by atoms with van der Waals surface area (Å²) in [7, 11) is 2.18. The fraction of sp³-hybridized carbons (Fsp3) is 1.00. The summed E-state index contributed by atoms with van der Waals surface area (Å²) in [6.07, 6.45) is 1.23. The van der Waals surface area contributed by atoms with Crippen molar-refractivity contribution < 1.29 is 0 Å². The van der Waals surface area contributed by atoms with Crippen molar-refractivity contribution in [3.05, 3.63) is 0 Å². The largest absolute Gasteiger partial charge is 0.330 e. The molecule has 0 radical (unpaired) electrons. The Bertz CT molecular complexity index is 229. The van der Waals surface area contributed by atoms with Crippen LogP contribution in [0.4, 0.5) is 0 Å². The lowest BCUT2D eigenvalue weighted by atomic mass is 9.35. The van der Waals surface area contributed by atoms with E-state index in [2.05, 4.69) is 25.8 Å². The van der Waals surface area contributed by atoms with Gasteiger partial charge in [0.1, 0.15) is 0 Å². The molecule has 2 bridgehead atoms. The van der Waals surface area contributed by atoms with Gasteiger partial charge in [0.15, 0.2) is 0 Å². The van der Waals surface area contributed by atoms with Crippen molar-refractivity contribution >= 4 is 0 Å². The summed E-state index contributed by atoms with van der Waals surface area (Å²) in [5, 5.41) is 0. The summed E-state index contributed by atoms with van der Waals surface area (Å²) < 4.78 is 0. The molecule has 0 aromatic carbocycles. The average Bonchev–Trinajstić information content (AvgIpc) is 2.15. The third kappa shape index (κ3) is 0.884. The maximum Gasteiger partial charge on any atom is 0.00528 e. The number of piperidine rings is 2. The van der Waals surface area contributed by atoms with Crippen molar-refractivity contribution in [2.75, 3.05) is 33.2 Å². The lowest BCUT2D eigenvalue weighted by Gasteiger charge is -2.74. The van der Waals surface area contributed by atoms with Crippen LogP contribution in [0, 0.1) is 16.2 Å². The standard InChI is InChI=1S/C11H23N3/c1-9(2)10(5-12)4-11(9,6-13)8-14(3)7-10/h4-8,12-13H2,1-3H3. The molecule has 1 saturated carbocycles. The summed E-state index contributed by atoms with van der Waals surface area (Å²) in [5.74, 6) is 0. The molecule has 2 saturated heterocycles. The maximum absolute atomic E-state index is 5.96. The Morgan fingerprint density at radius 1 is 1.07 bits per heavy atom. The van der Waals surface area contributed by atoms with Crippen LogP contribution in [0.2, 0.25) is 0 Å². The molecule has 0 spiro atoms. The predicted octanol–water partition coefficient (Wildman–Crippen LogP) is 0.252. The molecule has 82 valence electrons. The van der Waals surface area contributed by atoms with Crippen molar-refractivity contribution in [3.63, 3.8) is 0 Å². The molecule has 2 aliphatic heterocycles. The maximum atomic E-state index is 5.96. The second-order valence-corrected chi connectivity index (χ2v) is 5.94. The highest BCUT2D eigenvalue weighted by Crippen LogP contribution is 2.69. The lowest BCUT2D eigenvalue weighted by molar-refractivity contribution is -0.243. The molecule has 3 fully saturated rings. The van der Waals surface area contributed by atoms with E-state index in [1.165, 1.54) is 6.42 Å². The summed E-state index contributed by atoms with van der Waals surface area (Å²) in [4.78, 5) is 2.40. The van der Waals surface area contributed by atoms with Gasteiger partial charge in [-0.3, -0.25) is 0 Å². The number of nitrogens with zero attached hydrogens (tertiary/aromatic N) is 1. The number of rotatable bonds is 2. The van der Waals surface area contributed by atoms with Crippen LogP contribution in [0.3, 0.4) is 0 Å². The molecule has 3 rings (SSSR count). The molecular weight excluding hydrogens is 174 g/mol. The molecule has 0 aromatic heterocycles. The molecule has 0 amide bonds. The van der Waals surface area contributed by atoms with E-state index in [0.717, 1.165) is 26.2 Å². The highest BCUT2D eigenvalue weighted by molar-refractivity contribution is 5.21. The van der Waals surface area contributed by atoms with Gasteiger partial charge in [-0.05, 0) is 32.0 Å². The zero-order chi connectivity index (χ0) is 10.6. The number of fused-ring (bicyclic) bond motifs is 2. The molecule has 0 aromatic rings. The van der Waals surface area contributed by atoms with Gasteiger partial charge in [-0.15, -0.1) is 0 Å². The monoisotopic (exact) mass is 197 g/mol. The second-order valence-electron chi connectivity index (χ2n) is 5.94. The molecule has 14 heavy (non-hydrogen) atoms. The van der Waals surface area contributed by atoms with Crippen LogP contribution in [0.1, 0.15) is 20.3 Å². The van der Waals surface area contributed by atoms with Crippen LogP contribution in [0.25, 0.3) is 0 Å². The van der Waals surface area contributed by atoms with Crippen molar-refractivity contribution in [2.24, 2.45) is 27.7 Å². The van der Waals surface area contributed by atoms with Crippen LogP contribution < -0.4 is 11.5 Å². The van der Waals surface area contributed by atoms with Gasteiger partial charge in [0.2, 0.25) is 0 Å². The van der Waals surface area contributed by atoms with Crippen molar-refractivity contribution in [3.8, 4) is 0 Å². The van der Waals surface area contributed by atoms with Crippen LogP contribution in [0.5, 0.6) is 0 Å². The first-order valence-corrected chi connectivity index (χ1v) is 5.52. The van der Waals surface area contributed by atoms with Crippen molar-refractivity contribution in [1.82, 2.24) is 4.90 Å². The SMILES string of the molecule is CN1CC2(CN)CC(CN)(C1)C2(C)C. The molecule has 2 unspecified atom stereocenters. The molecule has 3 nitrogen and oxygen atoms in total. The predicted molar refractivity (Wildman–Crippen MR) is 58.9 cm³/mol. The van der Waals surface area contributed by atoms with Gasteiger partial charge >= 0.3 is 0 Å². The summed E-state index contributed by atoms with van der Waals surface area (Å²) in [6.45, 7) is 8.57. The van der Waals surface area contributed by atoms with Gasteiger partial charge in [0, 0.05) is 23.9 Å². The van der Waals surface area contributed by atoms with Crippen LogP contribution >= 0.6 is 0 Å². The van der Waals surface area contributed by atoms with Crippen LogP contribution in [0.15, 0.2) is 0 Å². The summed E-state index contributed by atoms with van der Waals surface area (Å²) >= 11 is 0. The minimum Gasteiger partial charge on any atom is -0.330 e. The Balaban J connectivity index is 2.33. The first-order chi connectivity index (χ1) is 6.43. The van der Waals surface area contributed by atoms with E-state index in [4.69, 9.17) is 11.5 Å². The zero-order valence-corrected chi connectivity index (χ0v) is 9.64. The summed E-state index contributed by atoms with van der Waals surface area (Å²) in [6, 6.07) is 0. The smallest absolute Gasteiger partial charge is 0.00528 e. The Kier molecular flexibility index (Phi) is 2.02. The van der Waals surface area contributed by atoms with E-state index in [0.29, 0.717) is 16.2 Å². The van der Waals surface area contributed by atoms with E-state index in [-0.39, 0.29) is 0 Å². The molecule has 2 atom stereocenters. The summed E-state index contributed by atoms with van der Waals surface area (Å²) in [5.41, 5.74) is 12.9. The molecular formula is C11H23N3. The van der Waals surface area contributed by atoms with Crippen molar-refractivity contribution in [2.45, 2.75) is 20.3 Å². The van der Waals surface area contributed by atoms with Crippen LogP contribution in [-0.2, 0) is 0 Å². The average molecular weight is 197 g/mol. The minimum atomic E-state index is 0.315. The van der Waals surface area contributed by atoms with Gasteiger partial charge in [-0.2, -0.15) is 0 Å². The lowest BCUT2D eigenvalue weighted by Crippen LogP contribution is -2.77. The Labute approximate surface area is 86.8 Å². The number of nitrogens with two attached hydrogens (primary N) is 2. The molecule has 1 aliphatic carbocycles. The minimum absolute atomic E-state index is 0.315. The molecule has 2 heterocycles. The third-order valence-electron chi connectivity index (χ3n) is 5.26. The zero-order valence-electron chi connectivity index (χ0n) is 9.64. The van der Waals surface area contributed by atoms with Crippen molar-refractivity contribution in [1.29, 1.82) is 0 Å². The molecule has 3 heteroatoms. The van der Waals surface area contributed by atoms with Crippen LogP contribution in [-0.4, -0.2) is 38.1 Å². The highest BCUT2D eigenvalue weighted by atomic mass is 15.2. The van der Waals surface area contributed by atoms with Gasteiger partial charge in [-0.25, -0.2) is 0 Å². The first kappa shape index (κ1) is 10.4. The van der Waals surface area contributed by atoms with E-state index < -0.39 is 0 Å². The van der Waals surface area contributed by atoms with Gasteiger partial charge in [-0.1, -0.05) is 13.8 Å².